The minimum atomic E-state index is -4.61. The second-order valence-electron chi connectivity index (χ2n) is 9.65. The second-order valence-corrected chi connectivity index (χ2v) is 11.6. The number of hydrogen-bond acceptors (Lipinski definition) is 6. The molecule has 0 amide bonds. The van der Waals surface area contributed by atoms with Crippen LogP contribution in [0.2, 0.25) is 0 Å². The number of aromatic nitrogens is 3. The van der Waals surface area contributed by atoms with Crippen LogP contribution in [0.1, 0.15) is 33.9 Å². The van der Waals surface area contributed by atoms with Crippen LogP contribution in [-0.2, 0) is 22.6 Å². The molecule has 2 aliphatic rings. The van der Waals surface area contributed by atoms with Crippen LogP contribution in [0.15, 0.2) is 82.1 Å². The average molecular weight is 573 g/mol. The number of fused-ring (bicyclic) bond motifs is 2. The van der Waals surface area contributed by atoms with Gasteiger partial charge in [-0.3, -0.25) is 4.79 Å². The van der Waals surface area contributed by atoms with Crippen LogP contribution in [0.3, 0.4) is 0 Å². The summed E-state index contributed by atoms with van der Waals surface area (Å²) in [5, 5.41) is 4.43. The van der Waals surface area contributed by atoms with Gasteiger partial charge in [-0.05, 0) is 73.0 Å². The topological polar surface area (TPSA) is 98.3 Å². The first-order valence-electron chi connectivity index (χ1n) is 12.1. The van der Waals surface area contributed by atoms with Crippen LogP contribution in [0.25, 0.3) is 11.8 Å². The molecule has 1 aliphatic carbocycles. The molecule has 8 nitrogen and oxygen atoms in total. The predicted molar refractivity (Wildman–Crippen MR) is 133 cm³/mol. The van der Waals surface area contributed by atoms with Gasteiger partial charge in [0.15, 0.2) is 0 Å². The monoisotopic (exact) mass is 572 g/mol. The lowest BCUT2D eigenvalue weighted by Gasteiger charge is -2.44. The molecule has 1 fully saturated rings. The van der Waals surface area contributed by atoms with Gasteiger partial charge in [0.1, 0.15) is 12.1 Å². The van der Waals surface area contributed by atoms with Crippen molar-refractivity contribution in [2.24, 2.45) is 5.41 Å². The molecule has 206 valence electrons. The third kappa shape index (κ3) is 4.25. The molecule has 1 atom stereocenters. The molecule has 2 aromatic heterocycles. The van der Waals surface area contributed by atoms with Gasteiger partial charge >= 0.3 is 6.18 Å². The van der Waals surface area contributed by atoms with Gasteiger partial charge in [-0.15, -0.1) is 0 Å². The number of nitrogens with zero attached hydrogens (tertiary/aromatic N) is 4. The van der Waals surface area contributed by atoms with E-state index in [1.165, 1.54) is 24.6 Å². The molecular weight excluding hydrogens is 552 g/mol. The fourth-order valence-corrected chi connectivity index (χ4v) is 6.81. The summed E-state index contributed by atoms with van der Waals surface area (Å²) in [6.07, 6.45) is 1.55. The number of ketones is 1. The second kappa shape index (κ2) is 9.24. The molecule has 0 unspecified atom stereocenters. The van der Waals surface area contributed by atoms with Crippen LogP contribution >= 0.6 is 0 Å². The van der Waals surface area contributed by atoms with Gasteiger partial charge in [0.2, 0.25) is 15.8 Å². The highest BCUT2D eigenvalue weighted by atomic mass is 32.2. The summed E-state index contributed by atoms with van der Waals surface area (Å²) in [5.74, 6) is -1.11. The number of alkyl halides is 3. The smallest absolute Gasteiger partial charge is 0.416 e. The summed E-state index contributed by atoms with van der Waals surface area (Å²) in [6.45, 7) is -0.277. The van der Waals surface area contributed by atoms with Crippen molar-refractivity contribution in [3.63, 3.8) is 0 Å². The highest BCUT2D eigenvalue weighted by Crippen LogP contribution is 2.47. The van der Waals surface area contributed by atoms with Crippen molar-refractivity contribution in [2.75, 3.05) is 13.1 Å². The molecule has 0 bridgehead atoms. The van der Waals surface area contributed by atoms with E-state index in [0.29, 0.717) is 34.7 Å². The first kappa shape index (κ1) is 26.1. The third-order valence-corrected chi connectivity index (χ3v) is 9.19. The van der Waals surface area contributed by atoms with Crippen LogP contribution in [-0.4, -0.2) is 46.4 Å². The van der Waals surface area contributed by atoms with Crippen LogP contribution in [0.5, 0.6) is 0 Å². The number of carbonyl (C=O) groups excluding carboxylic acids is 1. The normalized spacial score (nSPS) is 19.6. The number of halogens is 4. The number of carbonyl (C=O) groups is 1. The molecule has 0 spiro atoms. The van der Waals surface area contributed by atoms with Crippen molar-refractivity contribution in [3.05, 3.63) is 101 Å². The maximum atomic E-state index is 13.9. The molecule has 4 aromatic rings. The van der Waals surface area contributed by atoms with E-state index in [1.807, 2.05) is 0 Å². The molecule has 13 heteroatoms. The Morgan fingerprint density at radius 2 is 1.77 bits per heavy atom. The number of piperidine rings is 1. The van der Waals surface area contributed by atoms with E-state index >= 15 is 0 Å². The number of rotatable bonds is 5. The molecule has 0 radical (unpaired) electrons. The zero-order valence-corrected chi connectivity index (χ0v) is 21.4. The fraction of sp³-hybridized carbons (Fsp3) is 0.222. The van der Waals surface area contributed by atoms with Crippen LogP contribution < -0.4 is 0 Å². The third-order valence-electron chi connectivity index (χ3n) is 7.33. The molecule has 3 heterocycles. The van der Waals surface area contributed by atoms with Gasteiger partial charge in [-0.2, -0.15) is 22.6 Å². The Kier molecular flexibility index (Phi) is 6.04. The van der Waals surface area contributed by atoms with Gasteiger partial charge in [-0.1, -0.05) is 5.57 Å². The summed E-state index contributed by atoms with van der Waals surface area (Å²) in [5.41, 5.74) is 0.229. The van der Waals surface area contributed by atoms with Crippen molar-refractivity contribution >= 4 is 21.9 Å². The largest absolute Gasteiger partial charge is 0.442 e. The zero-order chi connectivity index (χ0) is 28.3. The van der Waals surface area contributed by atoms with E-state index in [9.17, 15) is 30.8 Å². The Morgan fingerprint density at radius 3 is 2.42 bits per heavy atom. The maximum Gasteiger partial charge on any atom is 0.416 e. The van der Waals surface area contributed by atoms with E-state index in [1.54, 1.807) is 29.1 Å². The Bertz CT molecular complexity index is 1730. The Hall–Kier alpha value is -4.10. The minimum Gasteiger partial charge on any atom is -0.442 e. The number of hydrogen-bond donors (Lipinski definition) is 0. The number of Topliss-reactive ketones (excluding diaryl/α,β-unsaturated/α-hetero) is 1. The molecule has 0 N–H and O–H groups in total. The Balaban J connectivity index is 1.40. The molecule has 1 aliphatic heterocycles. The van der Waals surface area contributed by atoms with E-state index < -0.39 is 38.8 Å². The summed E-state index contributed by atoms with van der Waals surface area (Å²) in [4.78, 5) is 17.6. The Labute approximate surface area is 225 Å². The first-order valence-corrected chi connectivity index (χ1v) is 13.6. The van der Waals surface area contributed by atoms with Gasteiger partial charge in [0.05, 0.1) is 39.6 Å². The molecule has 1 saturated heterocycles. The fourth-order valence-electron chi connectivity index (χ4n) is 5.31. The predicted octanol–water partition coefficient (Wildman–Crippen LogP) is 4.92. The standard InChI is InChI=1S/C27H20F4N4O4S/c28-20-3-5-21(6-4-20)35-23-13-19-9-11-34(40(37,38)22-7-1-18(2-8-22)27(29,30)31)16-26(19,14-17(23)15-33-35)24(36)25-32-10-12-39-25/h1-8,10,12-13,15H,9,11,14,16H2/t26-/m0/s1. The van der Waals surface area contributed by atoms with Crippen LogP contribution in [0, 0.1) is 11.2 Å². The zero-order valence-electron chi connectivity index (χ0n) is 20.6. The van der Waals surface area contributed by atoms with Crippen molar-refractivity contribution in [2.45, 2.75) is 23.9 Å². The summed E-state index contributed by atoms with van der Waals surface area (Å²) >= 11 is 0. The number of oxazole rings is 1. The summed E-state index contributed by atoms with van der Waals surface area (Å²) < 4.78 is 87.8. The van der Waals surface area contributed by atoms with Crippen molar-refractivity contribution in [1.29, 1.82) is 0 Å². The SMILES string of the molecule is O=C(c1ncco1)[C@]12Cc3cnn(-c4ccc(F)cc4)c3C=C1CCN(S(=O)(=O)c1ccc(C(F)(F)F)cc1)C2. The highest BCUT2D eigenvalue weighted by Gasteiger charge is 2.52. The van der Waals surface area contributed by atoms with E-state index in [0.717, 1.165) is 16.4 Å². The maximum absolute atomic E-state index is 13.9. The number of benzene rings is 2. The van der Waals surface area contributed by atoms with Crippen molar-refractivity contribution in [3.8, 4) is 5.69 Å². The minimum absolute atomic E-state index is 0.00415. The first-order chi connectivity index (χ1) is 19.0. The molecule has 6 rings (SSSR count). The molecule has 40 heavy (non-hydrogen) atoms. The lowest BCUT2D eigenvalue weighted by Crippen LogP contribution is -2.53. The quantitative estimate of drug-likeness (QED) is 0.249. The number of sulfonamides is 1. The van der Waals surface area contributed by atoms with E-state index in [2.05, 4.69) is 10.1 Å². The van der Waals surface area contributed by atoms with Gasteiger partial charge in [-0.25, -0.2) is 22.5 Å². The molecule has 0 saturated carbocycles. The average Bonchev–Trinajstić information content (AvgIpc) is 3.61. The van der Waals surface area contributed by atoms with Gasteiger partial charge in [0.25, 0.3) is 5.89 Å². The van der Waals surface area contributed by atoms with Crippen molar-refractivity contribution < 1.29 is 35.2 Å². The van der Waals surface area contributed by atoms with E-state index in [4.69, 9.17) is 4.42 Å². The highest BCUT2D eigenvalue weighted by molar-refractivity contribution is 7.89. The summed E-state index contributed by atoms with van der Waals surface area (Å²) in [6, 6.07) is 9.01. The van der Waals surface area contributed by atoms with Gasteiger partial charge < -0.3 is 4.42 Å². The van der Waals surface area contributed by atoms with E-state index in [-0.39, 0.29) is 36.7 Å². The summed E-state index contributed by atoms with van der Waals surface area (Å²) in [7, 11) is -4.26. The molecular formula is C27H20F4N4O4S. The van der Waals surface area contributed by atoms with Crippen LogP contribution in [0.4, 0.5) is 17.6 Å². The van der Waals surface area contributed by atoms with Crippen molar-refractivity contribution in [1.82, 2.24) is 19.1 Å². The molecule has 2 aromatic carbocycles. The Morgan fingerprint density at radius 1 is 1.05 bits per heavy atom. The lowest BCUT2D eigenvalue weighted by molar-refractivity contribution is -0.137. The lowest BCUT2D eigenvalue weighted by atomic mass is 9.66. The van der Waals surface area contributed by atoms with Gasteiger partial charge in [0, 0.05) is 13.1 Å².